The van der Waals surface area contributed by atoms with Crippen LogP contribution in [-0.2, 0) is 4.79 Å². The van der Waals surface area contributed by atoms with Gasteiger partial charge in [-0.05, 0) is 30.6 Å². The molecule has 1 atom stereocenters. The molecule has 1 rings (SSSR count). The maximum Gasteiger partial charge on any atom is 0.241 e. The minimum Gasteiger partial charge on any atom is -0.363 e. The number of aromatic nitrogens is 1. The molecule has 0 radical (unpaired) electrons. The largest absolute Gasteiger partial charge is 0.363 e. The SMILES string of the molecule is CSCCC(N)C(=O)Nc1ccc(N(C)C)nc1. The quantitative estimate of drug-likeness (QED) is 0.810. The summed E-state index contributed by atoms with van der Waals surface area (Å²) in [7, 11) is 3.83. The van der Waals surface area contributed by atoms with Crippen LogP contribution in [-0.4, -0.2) is 43.0 Å². The standard InChI is InChI=1S/C12H20N4OS/c1-16(2)11-5-4-9(8-14-11)15-12(17)10(13)6-7-18-3/h4-5,8,10H,6-7,13H2,1-3H3,(H,15,17). The predicted molar refractivity (Wildman–Crippen MR) is 78.2 cm³/mol. The lowest BCUT2D eigenvalue weighted by Crippen LogP contribution is -2.36. The zero-order valence-electron chi connectivity index (χ0n) is 11.0. The molecular formula is C12H20N4OS. The maximum atomic E-state index is 11.8. The fraction of sp³-hybridized carbons (Fsp3) is 0.500. The second-order valence-electron chi connectivity index (χ2n) is 4.18. The molecule has 0 fully saturated rings. The summed E-state index contributed by atoms with van der Waals surface area (Å²) in [6, 6.07) is 3.20. The Bertz CT molecular complexity index is 380. The van der Waals surface area contributed by atoms with Gasteiger partial charge >= 0.3 is 0 Å². The van der Waals surface area contributed by atoms with Crippen LogP contribution in [0.3, 0.4) is 0 Å². The number of hydrogen-bond acceptors (Lipinski definition) is 5. The summed E-state index contributed by atoms with van der Waals surface area (Å²) in [4.78, 5) is 17.9. The molecule has 0 saturated heterocycles. The molecule has 1 amide bonds. The molecule has 0 spiro atoms. The van der Waals surface area contributed by atoms with E-state index < -0.39 is 6.04 Å². The van der Waals surface area contributed by atoms with Gasteiger partial charge in [0.25, 0.3) is 0 Å². The van der Waals surface area contributed by atoms with Crippen LogP contribution in [0.5, 0.6) is 0 Å². The van der Waals surface area contributed by atoms with E-state index in [0.29, 0.717) is 12.1 Å². The molecule has 18 heavy (non-hydrogen) atoms. The number of carbonyl (C=O) groups is 1. The van der Waals surface area contributed by atoms with E-state index in [1.54, 1.807) is 18.0 Å². The van der Waals surface area contributed by atoms with Crippen LogP contribution in [0, 0.1) is 0 Å². The summed E-state index contributed by atoms with van der Waals surface area (Å²) < 4.78 is 0. The van der Waals surface area contributed by atoms with Gasteiger partial charge in [0, 0.05) is 14.1 Å². The summed E-state index contributed by atoms with van der Waals surface area (Å²) >= 11 is 1.68. The summed E-state index contributed by atoms with van der Waals surface area (Å²) in [5.41, 5.74) is 6.45. The van der Waals surface area contributed by atoms with Crippen molar-refractivity contribution in [2.45, 2.75) is 12.5 Å². The number of thioether (sulfide) groups is 1. The van der Waals surface area contributed by atoms with Crippen molar-refractivity contribution < 1.29 is 4.79 Å². The van der Waals surface area contributed by atoms with Crippen molar-refractivity contribution in [2.24, 2.45) is 5.73 Å². The van der Waals surface area contributed by atoms with Gasteiger partial charge in [0.05, 0.1) is 17.9 Å². The van der Waals surface area contributed by atoms with E-state index in [1.807, 2.05) is 37.4 Å². The van der Waals surface area contributed by atoms with Crippen LogP contribution < -0.4 is 16.0 Å². The van der Waals surface area contributed by atoms with Gasteiger partial charge in [-0.1, -0.05) is 0 Å². The molecule has 0 aromatic carbocycles. The smallest absolute Gasteiger partial charge is 0.241 e. The lowest BCUT2D eigenvalue weighted by Gasteiger charge is -2.13. The van der Waals surface area contributed by atoms with Crippen molar-refractivity contribution >= 4 is 29.2 Å². The van der Waals surface area contributed by atoms with Gasteiger partial charge in [0.2, 0.25) is 5.91 Å². The Kier molecular flexibility index (Phi) is 5.94. The van der Waals surface area contributed by atoms with Gasteiger partial charge in [-0.3, -0.25) is 4.79 Å². The number of anilines is 2. The lowest BCUT2D eigenvalue weighted by molar-refractivity contribution is -0.117. The summed E-state index contributed by atoms with van der Waals surface area (Å²) in [6.45, 7) is 0. The molecular weight excluding hydrogens is 248 g/mol. The molecule has 1 heterocycles. The average Bonchev–Trinajstić information content (AvgIpc) is 2.36. The van der Waals surface area contributed by atoms with Crippen LogP contribution in [0.15, 0.2) is 18.3 Å². The number of hydrogen-bond donors (Lipinski definition) is 2. The zero-order chi connectivity index (χ0) is 13.5. The summed E-state index contributed by atoms with van der Waals surface area (Å²) in [6.07, 6.45) is 4.30. The van der Waals surface area contributed by atoms with Gasteiger partial charge in [-0.15, -0.1) is 0 Å². The molecule has 1 aromatic heterocycles. The van der Waals surface area contributed by atoms with Crippen LogP contribution in [0.1, 0.15) is 6.42 Å². The third-order valence-electron chi connectivity index (χ3n) is 2.44. The Labute approximate surface area is 112 Å². The van der Waals surface area contributed by atoms with Crippen LogP contribution >= 0.6 is 11.8 Å². The number of nitrogens with two attached hydrogens (primary N) is 1. The molecule has 6 heteroatoms. The van der Waals surface area contributed by atoms with Crippen molar-refractivity contribution in [2.75, 3.05) is 36.3 Å². The Morgan fingerprint density at radius 3 is 2.78 bits per heavy atom. The monoisotopic (exact) mass is 268 g/mol. The number of nitrogens with zero attached hydrogens (tertiary/aromatic N) is 2. The molecule has 0 saturated carbocycles. The Morgan fingerprint density at radius 1 is 1.56 bits per heavy atom. The Morgan fingerprint density at radius 2 is 2.28 bits per heavy atom. The molecule has 0 bridgehead atoms. The second kappa shape index (κ2) is 7.23. The first kappa shape index (κ1) is 14.8. The van der Waals surface area contributed by atoms with Gasteiger partial charge in [0.1, 0.15) is 5.82 Å². The molecule has 3 N–H and O–H groups in total. The summed E-state index contributed by atoms with van der Waals surface area (Å²) in [5, 5.41) is 2.76. The second-order valence-corrected chi connectivity index (χ2v) is 5.16. The highest BCUT2D eigenvalue weighted by Gasteiger charge is 2.13. The molecule has 0 aliphatic carbocycles. The van der Waals surface area contributed by atoms with Gasteiger partial charge < -0.3 is 16.0 Å². The van der Waals surface area contributed by atoms with Crippen molar-refractivity contribution in [3.05, 3.63) is 18.3 Å². The third-order valence-corrected chi connectivity index (χ3v) is 3.09. The first-order valence-corrected chi connectivity index (χ1v) is 7.12. The first-order chi connectivity index (χ1) is 8.54. The number of pyridine rings is 1. The van der Waals surface area contributed by atoms with Crippen molar-refractivity contribution in [3.8, 4) is 0 Å². The van der Waals surface area contributed by atoms with Crippen LogP contribution in [0.25, 0.3) is 0 Å². The zero-order valence-corrected chi connectivity index (χ0v) is 11.8. The molecule has 5 nitrogen and oxygen atoms in total. The van der Waals surface area contributed by atoms with Crippen LogP contribution in [0.4, 0.5) is 11.5 Å². The number of rotatable bonds is 6. The highest BCUT2D eigenvalue weighted by molar-refractivity contribution is 7.98. The molecule has 0 aliphatic rings. The van der Waals surface area contributed by atoms with E-state index in [-0.39, 0.29) is 5.91 Å². The topological polar surface area (TPSA) is 71.2 Å². The normalized spacial score (nSPS) is 12.0. The number of amides is 1. The minimum absolute atomic E-state index is 0.163. The highest BCUT2D eigenvalue weighted by atomic mass is 32.2. The van der Waals surface area contributed by atoms with Crippen molar-refractivity contribution in [1.82, 2.24) is 4.98 Å². The number of carbonyl (C=O) groups excluding carboxylic acids is 1. The van der Waals surface area contributed by atoms with E-state index in [2.05, 4.69) is 10.3 Å². The number of nitrogens with one attached hydrogen (secondary N) is 1. The van der Waals surface area contributed by atoms with E-state index in [4.69, 9.17) is 5.73 Å². The molecule has 1 aromatic rings. The van der Waals surface area contributed by atoms with Gasteiger partial charge in [-0.2, -0.15) is 11.8 Å². The van der Waals surface area contributed by atoms with E-state index in [9.17, 15) is 4.79 Å². The van der Waals surface area contributed by atoms with E-state index in [0.717, 1.165) is 11.6 Å². The Hall–Kier alpha value is -1.27. The fourth-order valence-electron chi connectivity index (χ4n) is 1.34. The highest BCUT2D eigenvalue weighted by Crippen LogP contribution is 2.12. The summed E-state index contributed by atoms with van der Waals surface area (Å²) in [5.74, 6) is 1.56. The van der Waals surface area contributed by atoms with Gasteiger partial charge in [0.15, 0.2) is 0 Å². The maximum absolute atomic E-state index is 11.8. The third kappa shape index (κ3) is 4.54. The van der Waals surface area contributed by atoms with E-state index >= 15 is 0 Å². The first-order valence-electron chi connectivity index (χ1n) is 5.73. The molecule has 0 aliphatic heterocycles. The van der Waals surface area contributed by atoms with E-state index in [1.165, 1.54) is 0 Å². The minimum atomic E-state index is -0.467. The van der Waals surface area contributed by atoms with Crippen LogP contribution in [0.2, 0.25) is 0 Å². The van der Waals surface area contributed by atoms with Crippen molar-refractivity contribution in [1.29, 1.82) is 0 Å². The average molecular weight is 268 g/mol. The van der Waals surface area contributed by atoms with Crippen molar-refractivity contribution in [3.63, 3.8) is 0 Å². The predicted octanol–water partition coefficient (Wildman–Crippen LogP) is 1.17. The fourth-order valence-corrected chi connectivity index (χ4v) is 1.83. The van der Waals surface area contributed by atoms with Gasteiger partial charge in [-0.25, -0.2) is 4.98 Å². The molecule has 1 unspecified atom stereocenters. The lowest BCUT2D eigenvalue weighted by atomic mass is 10.2. The Balaban J connectivity index is 2.53. The molecule has 100 valence electrons.